The minimum Gasteiger partial charge on any atom is -1.00 e. The van der Waals surface area contributed by atoms with E-state index in [0.717, 1.165) is 40.7 Å². The first-order valence-electron chi connectivity index (χ1n) is 32.1. The Morgan fingerprint density at radius 3 is 1.40 bits per heavy atom. The Morgan fingerprint density at radius 2 is 1.04 bits per heavy atom. The topological polar surface area (TPSA) is 380 Å². The predicted octanol–water partition coefficient (Wildman–Crippen LogP) is 5.76. The molecule has 3 aliphatic heterocycles. The Labute approximate surface area is 625 Å². The van der Waals surface area contributed by atoms with E-state index in [-0.39, 0.29) is 53.1 Å². The van der Waals surface area contributed by atoms with Crippen molar-refractivity contribution in [3.63, 3.8) is 0 Å². The van der Waals surface area contributed by atoms with Crippen molar-refractivity contribution in [1.82, 2.24) is 34.3 Å². The maximum Gasteiger partial charge on any atom is 2.00 e. The molecular formula is C67H91Cl2MgN9O22P2. The molecule has 12 atom stereocenters. The van der Waals surface area contributed by atoms with Crippen molar-refractivity contribution in [3.05, 3.63) is 179 Å². The number of carbonyl (C=O) groups is 4. The van der Waals surface area contributed by atoms with Gasteiger partial charge in [-0.2, -0.15) is 30.9 Å². The Kier molecular flexibility index (Phi) is 38.6. The van der Waals surface area contributed by atoms with E-state index in [1.165, 1.54) is 83.2 Å². The van der Waals surface area contributed by atoms with E-state index in [2.05, 4.69) is 55.6 Å². The zero-order valence-electron chi connectivity index (χ0n) is 60.1. The fraction of sp³-hybridized carbons (Fsp3) is 0.522. The number of pyridine rings is 1. The number of aromatic amines is 2. The largest absolute Gasteiger partial charge is 2.00 e. The molecule has 36 heteroatoms. The number of hydrogen-bond acceptors (Lipinski definition) is 23. The third kappa shape index (κ3) is 28.6. The monoisotopic (exact) mass is 1530 g/mol. The molecule has 3 aromatic heterocycles. The van der Waals surface area contributed by atoms with Crippen molar-refractivity contribution in [2.45, 2.75) is 189 Å². The van der Waals surface area contributed by atoms with Crippen LogP contribution in [0.25, 0.3) is 9.69 Å². The van der Waals surface area contributed by atoms with Gasteiger partial charge >= 0.3 is 84.9 Å². The van der Waals surface area contributed by atoms with Gasteiger partial charge in [0.15, 0.2) is 5.75 Å². The van der Waals surface area contributed by atoms with Crippen molar-refractivity contribution in [3.8, 4) is 17.2 Å². The molecule has 3 fully saturated rings. The second kappa shape index (κ2) is 43.2. The molecule has 5 N–H and O–H groups in total. The normalized spacial score (nSPS) is 21.8. The van der Waals surface area contributed by atoms with Crippen LogP contribution in [0.4, 0.5) is 0 Å². The van der Waals surface area contributed by atoms with Gasteiger partial charge in [-0.05, 0) is 78.6 Å². The standard InChI is InChI=1S/C27H35N4O10P.C17H20ClN2O5P.C15H19N3O6.C4H8O.C4H9.ClH.Mg/c1-16(2)23(33)40-22-20(39-25(27(22,6)28-7)31-14-13-21(32)29-26(31)35)15-37-42(36,41-19-11-9-8-10-12-19)30-18(5)24(34)38-17(3)4;1-12(2)23-17(21)13(3)20-26(22,24-15-7-5-4-6-8-15)25-16-9-14(18)10-19-11-16;1-8(2)12(21)24-11-9(7-19)23-13(15(11,3)16-4)18-6-5-10(20)17-14(18)22;1-2-4-5-3-1;1-4(2)3;;/h8-14,16-18,20,22,25H,15H2,1-6H3,(H,30,36)(H,29,32,35);4-13H,1-3H3,(H,20,22);5-6,8-9,11,13,19H,7H2,1-3H3,(H,17,20,22);1-4H2;1-3H3;1H;/q;;;;-1;;+2/p-1/t18-,20+,22+,25+,27+,42-;13-,26-;9-,11-,13-,15-;;;;/m001..../s1. The van der Waals surface area contributed by atoms with Gasteiger partial charge in [0.2, 0.25) is 24.7 Å². The van der Waals surface area contributed by atoms with Crippen LogP contribution >= 0.6 is 27.1 Å². The molecule has 2 aromatic carbocycles. The summed E-state index contributed by atoms with van der Waals surface area (Å²) < 4.78 is 89.6. The molecule has 3 saturated heterocycles. The summed E-state index contributed by atoms with van der Waals surface area (Å²) in [5, 5.41) is 15.0. The number of benzene rings is 2. The predicted molar refractivity (Wildman–Crippen MR) is 376 cm³/mol. The number of aliphatic hydroxyl groups is 1. The summed E-state index contributed by atoms with van der Waals surface area (Å²) in [6.07, 6.45) is -0.0806. The molecule has 103 heavy (non-hydrogen) atoms. The second-order valence-corrected chi connectivity index (χ2v) is 28.7. The summed E-state index contributed by atoms with van der Waals surface area (Å²) in [4.78, 5) is 112. The average molecular weight is 1530 g/mol. The van der Waals surface area contributed by atoms with Crippen LogP contribution in [0.1, 0.15) is 129 Å². The van der Waals surface area contributed by atoms with Gasteiger partial charge in [0, 0.05) is 63.9 Å². The number of rotatable bonds is 24. The van der Waals surface area contributed by atoms with Gasteiger partial charge in [0.05, 0.1) is 48.5 Å². The van der Waals surface area contributed by atoms with Crippen molar-refractivity contribution >= 4 is 74.0 Å². The fourth-order valence-electron chi connectivity index (χ4n) is 9.03. The number of aliphatic hydroxyl groups excluding tert-OH is 1. The maximum atomic E-state index is 14.0. The number of H-pyrrole nitrogens is 2. The molecule has 5 aromatic rings. The van der Waals surface area contributed by atoms with Gasteiger partial charge in [-0.25, -0.2) is 31.9 Å². The Bertz CT molecular complexity index is 3940. The molecule has 31 nitrogen and oxygen atoms in total. The van der Waals surface area contributed by atoms with Crippen molar-refractivity contribution in [2.75, 3.05) is 26.4 Å². The molecule has 3 aliphatic rings. The molecular weight excluding hydrogens is 1440 g/mol. The third-order valence-electron chi connectivity index (χ3n) is 13.9. The van der Waals surface area contributed by atoms with Crippen LogP contribution in [0.3, 0.4) is 0 Å². The number of nitrogens with one attached hydrogen (secondary N) is 4. The molecule has 8 rings (SSSR count). The number of nitrogens with zero attached hydrogens (tertiary/aromatic N) is 5. The van der Waals surface area contributed by atoms with Crippen molar-refractivity contribution < 1.29 is 97.1 Å². The number of aromatic nitrogens is 5. The molecule has 6 heterocycles. The second-order valence-electron chi connectivity index (χ2n) is 25.0. The summed E-state index contributed by atoms with van der Waals surface area (Å²) in [5.74, 6) is -1.44. The van der Waals surface area contributed by atoms with E-state index in [0.29, 0.717) is 10.8 Å². The number of hydrogen-bond donors (Lipinski definition) is 5. The first-order valence-corrected chi connectivity index (χ1v) is 35.6. The van der Waals surface area contributed by atoms with E-state index in [1.807, 2.05) is 0 Å². The first-order chi connectivity index (χ1) is 47.4. The van der Waals surface area contributed by atoms with E-state index >= 15 is 0 Å². The average Bonchev–Trinajstić information content (AvgIpc) is 1.62. The SMILES string of the molecule is C1CCOC1.CC(C)OC(=O)[C@H](C)N[P@](=O)(Oc1ccccc1)Oc1cncc(Cl)c1.C[C-](C)C.[C-]#[N+][C@]1(C)[C@H](OC(=O)C(C)C)[C@@H](CO)O[C@H]1n1ccc(=O)[nH]c1=O.[C-]#[N+][C@]1(C)[C@H](OC(=O)C(C)C)[C@@H](CO[P@@](=O)(N[C@@H](C)C(=O)OC(C)C)Oc2ccccc2)O[C@H]1n1ccc(=O)[nH]c1=O.[Cl-].[Mg+2]. The quantitative estimate of drug-likeness (QED) is 0.0161. The van der Waals surface area contributed by atoms with Crippen LogP contribution in [-0.2, 0) is 66.0 Å². The molecule has 0 bridgehead atoms. The van der Waals surface area contributed by atoms with Crippen molar-refractivity contribution in [1.29, 1.82) is 0 Å². The molecule has 0 saturated carbocycles. The Balaban J connectivity index is 0.000000510. The van der Waals surface area contributed by atoms with E-state index in [9.17, 15) is 52.6 Å². The number of esters is 4. The van der Waals surface area contributed by atoms with Gasteiger partial charge in [0.25, 0.3) is 11.1 Å². The van der Waals surface area contributed by atoms with Crippen LogP contribution in [0, 0.1) is 30.9 Å². The van der Waals surface area contributed by atoms with Crippen LogP contribution in [0.5, 0.6) is 17.2 Å². The molecule has 0 radical (unpaired) electrons. The number of carbonyl (C=O) groups excluding carboxylic acids is 4. The number of halogens is 2. The van der Waals surface area contributed by atoms with Crippen LogP contribution in [0.15, 0.2) is 123 Å². The van der Waals surface area contributed by atoms with Crippen LogP contribution in [0.2, 0.25) is 5.02 Å². The van der Waals surface area contributed by atoms with Crippen LogP contribution < -0.4 is 58.7 Å². The summed E-state index contributed by atoms with van der Waals surface area (Å²) in [5.41, 5.74) is -5.96. The van der Waals surface area contributed by atoms with Gasteiger partial charge < -0.3 is 79.9 Å². The fourth-order valence-corrected chi connectivity index (χ4v) is 12.2. The van der Waals surface area contributed by atoms with Gasteiger partial charge in [0.1, 0.15) is 35.8 Å². The van der Waals surface area contributed by atoms with E-state index in [4.69, 9.17) is 76.0 Å². The van der Waals surface area contributed by atoms with Crippen LogP contribution in [-0.4, -0.2) is 162 Å². The smallest absolute Gasteiger partial charge is 1.00 e. The van der Waals surface area contributed by atoms with Gasteiger partial charge in [-0.15, -0.1) is 0 Å². The minimum atomic E-state index is -4.35. The summed E-state index contributed by atoms with van der Waals surface area (Å²) >= 11 is 5.88. The summed E-state index contributed by atoms with van der Waals surface area (Å²) in [6.45, 7) is 41.8. The molecule has 562 valence electrons. The van der Waals surface area contributed by atoms with E-state index < -0.39 is 153 Å². The molecule has 0 aliphatic carbocycles. The minimum absolute atomic E-state index is 0. The number of ether oxygens (including phenoxy) is 7. The van der Waals surface area contributed by atoms with E-state index in [1.54, 1.807) is 104 Å². The molecule has 0 spiro atoms. The molecule has 0 amide bonds. The maximum absolute atomic E-state index is 14.0. The summed E-state index contributed by atoms with van der Waals surface area (Å²) in [6, 6.07) is 18.1. The number of para-hydroxylation sites is 2. The zero-order chi connectivity index (χ0) is 75.6. The van der Waals surface area contributed by atoms with Gasteiger partial charge in [-0.3, -0.25) is 57.4 Å². The first kappa shape index (κ1) is 91.8. The zero-order valence-corrected chi connectivity index (χ0v) is 64.8. The third-order valence-corrected chi connectivity index (χ3v) is 17.4. The van der Waals surface area contributed by atoms with Gasteiger partial charge in [-0.1, -0.05) is 75.7 Å². The van der Waals surface area contributed by atoms with Crippen molar-refractivity contribution in [2.24, 2.45) is 11.8 Å². The molecule has 0 unspecified atom stereocenters. The Hall–Kier alpha value is -7.26. The Morgan fingerprint density at radius 1 is 0.650 bits per heavy atom. The summed E-state index contributed by atoms with van der Waals surface area (Å²) in [7, 11) is -8.34.